The first-order chi connectivity index (χ1) is 11.9. The highest BCUT2D eigenvalue weighted by atomic mass is 19.3. The van der Waals surface area contributed by atoms with Crippen LogP contribution < -0.4 is 10.2 Å². The summed E-state index contributed by atoms with van der Waals surface area (Å²) >= 11 is 0. The first-order valence-electron chi connectivity index (χ1n) is 8.25. The number of anilines is 1. The topological polar surface area (TPSA) is 78.7 Å². The molecule has 2 aromatic rings. The number of rotatable bonds is 2. The van der Waals surface area contributed by atoms with Crippen LogP contribution in [0.25, 0.3) is 5.78 Å². The quantitative estimate of drug-likeness (QED) is 0.826. The zero-order valence-electron chi connectivity index (χ0n) is 13.8. The molecule has 2 aromatic heterocycles. The lowest BCUT2D eigenvalue weighted by Gasteiger charge is -2.37. The molecule has 1 unspecified atom stereocenters. The Morgan fingerprint density at radius 3 is 2.76 bits per heavy atom. The number of carbonyl (C=O) groups excluding carboxylic acids is 1. The van der Waals surface area contributed by atoms with Crippen molar-refractivity contribution < 1.29 is 13.6 Å². The molecule has 10 heteroatoms. The minimum atomic E-state index is -2.80. The Kier molecular flexibility index (Phi) is 3.78. The molecule has 2 fully saturated rings. The molecule has 0 radical (unpaired) electrons. The van der Waals surface area contributed by atoms with Crippen molar-refractivity contribution in [3.05, 3.63) is 18.1 Å². The van der Waals surface area contributed by atoms with E-state index >= 15 is 0 Å². The summed E-state index contributed by atoms with van der Waals surface area (Å²) < 4.78 is 28.3. The maximum Gasteiger partial charge on any atom is 0.262 e. The summed E-state index contributed by atoms with van der Waals surface area (Å²) in [5.41, 5.74) is 0.839. The monoisotopic (exact) mass is 351 g/mol. The summed E-state index contributed by atoms with van der Waals surface area (Å²) in [4.78, 5) is 24.6. The third-order valence-corrected chi connectivity index (χ3v) is 4.68. The van der Waals surface area contributed by atoms with Gasteiger partial charge in [0.05, 0.1) is 12.6 Å². The molecule has 0 bridgehead atoms. The van der Waals surface area contributed by atoms with Crippen molar-refractivity contribution in [2.75, 3.05) is 37.6 Å². The van der Waals surface area contributed by atoms with E-state index < -0.39 is 24.9 Å². The highest BCUT2D eigenvalue weighted by Gasteiger charge is 2.43. The molecule has 4 heterocycles. The van der Waals surface area contributed by atoms with Gasteiger partial charge in [0, 0.05) is 44.4 Å². The largest absolute Gasteiger partial charge is 0.353 e. The van der Waals surface area contributed by atoms with Crippen LogP contribution in [0, 0.1) is 6.92 Å². The van der Waals surface area contributed by atoms with Crippen LogP contribution in [0.4, 0.5) is 14.6 Å². The number of hydrogen-bond acceptors (Lipinski definition) is 6. The lowest BCUT2D eigenvalue weighted by atomic mass is 10.1. The summed E-state index contributed by atoms with van der Waals surface area (Å²) in [5.74, 6) is -1.63. The molecule has 1 N–H and O–H groups in total. The van der Waals surface area contributed by atoms with Crippen molar-refractivity contribution in [1.29, 1.82) is 0 Å². The molecule has 2 saturated heterocycles. The Hall–Kier alpha value is -2.36. The maximum absolute atomic E-state index is 13.3. The van der Waals surface area contributed by atoms with Crippen molar-refractivity contribution >= 4 is 17.5 Å². The number of halogens is 2. The molecule has 8 nitrogen and oxygen atoms in total. The molecule has 2 aliphatic heterocycles. The van der Waals surface area contributed by atoms with Crippen LogP contribution in [-0.2, 0) is 4.79 Å². The second kappa shape index (κ2) is 5.87. The van der Waals surface area contributed by atoms with E-state index in [2.05, 4.69) is 25.3 Å². The molecular formula is C15H19F2N7O. The highest BCUT2D eigenvalue weighted by molar-refractivity contribution is 5.82. The highest BCUT2D eigenvalue weighted by Crippen LogP contribution is 2.26. The Morgan fingerprint density at radius 1 is 1.32 bits per heavy atom. The number of amides is 1. The molecule has 1 atom stereocenters. The Bertz CT molecular complexity index is 800. The van der Waals surface area contributed by atoms with Gasteiger partial charge in [-0.15, -0.1) is 0 Å². The van der Waals surface area contributed by atoms with Crippen LogP contribution in [0.2, 0.25) is 0 Å². The van der Waals surface area contributed by atoms with Gasteiger partial charge in [0.25, 0.3) is 11.7 Å². The van der Waals surface area contributed by atoms with Gasteiger partial charge < -0.3 is 9.80 Å². The summed E-state index contributed by atoms with van der Waals surface area (Å²) in [6, 6.07) is 1.14. The van der Waals surface area contributed by atoms with Crippen molar-refractivity contribution in [2.45, 2.75) is 25.3 Å². The first-order valence-corrected chi connectivity index (χ1v) is 8.25. The van der Waals surface area contributed by atoms with Crippen molar-refractivity contribution in [3.8, 4) is 0 Å². The van der Waals surface area contributed by atoms with E-state index in [4.69, 9.17) is 0 Å². The number of piperazine rings is 1. The van der Waals surface area contributed by atoms with E-state index in [9.17, 15) is 13.6 Å². The molecule has 25 heavy (non-hydrogen) atoms. The van der Waals surface area contributed by atoms with Gasteiger partial charge in [-0.1, -0.05) is 0 Å². The Morgan fingerprint density at radius 2 is 2.08 bits per heavy atom. The molecule has 0 aromatic carbocycles. The van der Waals surface area contributed by atoms with Crippen LogP contribution in [0.15, 0.2) is 12.4 Å². The molecule has 2 aliphatic rings. The Balaban J connectivity index is 1.44. The van der Waals surface area contributed by atoms with Gasteiger partial charge in [0.15, 0.2) is 0 Å². The van der Waals surface area contributed by atoms with Gasteiger partial charge in [0.2, 0.25) is 5.91 Å². The number of aryl methyl sites for hydroxylation is 1. The number of nitrogens with one attached hydrogen (secondary N) is 1. The summed E-state index contributed by atoms with van der Waals surface area (Å²) in [7, 11) is 0. The zero-order chi connectivity index (χ0) is 17.6. The van der Waals surface area contributed by atoms with Gasteiger partial charge in [-0.05, 0) is 6.92 Å². The number of nitrogens with zero attached hydrogens (tertiary/aromatic N) is 6. The fourth-order valence-electron chi connectivity index (χ4n) is 3.40. The van der Waals surface area contributed by atoms with Gasteiger partial charge in [-0.25, -0.2) is 13.8 Å². The number of carbonyl (C=O) groups is 1. The summed E-state index contributed by atoms with van der Waals surface area (Å²) in [5, 5.41) is 6.83. The molecular weight excluding hydrogens is 332 g/mol. The molecule has 0 aliphatic carbocycles. The second-order valence-electron chi connectivity index (χ2n) is 6.53. The van der Waals surface area contributed by atoms with Crippen LogP contribution in [0.1, 0.15) is 12.1 Å². The predicted molar refractivity (Wildman–Crippen MR) is 85.7 cm³/mol. The number of alkyl halides is 2. The lowest BCUT2D eigenvalue weighted by molar-refractivity contribution is -0.134. The first kappa shape index (κ1) is 16.1. The molecule has 4 rings (SSSR count). The van der Waals surface area contributed by atoms with Crippen molar-refractivity contribution in [3.63, 3.8) is 0 Å². The van der Waals surface area contributed by atoms with Crippen LogP contribution in [-0.4, -0.2) is 75.1 Å². The minimum absolute atomic E-state index is 0.242. The normalized spacial score (nSPS) is 23.4. The Labute approximate surface area is 142 Å². The van der Waals surface area contributed by atoms with E-state index in [-0.39, 0.29) is 5.91 Å². The van der Waals surface area contributed by atoms with Gasteiger partial charge in [-0.2, -0.15) is 14.6 Å². The molecule has 1 amide bonds. The van der Waals surface area contributed by atoms with Crippen LogP contribution >= 0.6 is 0 Å². The van der Waals surface area contributed by atoms with Gasteiger partial charge in [-0.3, -0.25) is 10.1 Å². The molecule has 0 saturated carbocycles. The fourth-order valence-corrected chi connectivity index (χ4v) is 3.40. The average molecular weight is 351 g/mol. The van der Waals surface area contributed by atoms with Crippen molar-refractivity contribution in [2.24, 2.45) is 0 Å². The number of fused-ring (bicyclic) bond motifs is 1. The SMILES string of the molecule is Cc1cc(N2CCN(C(=O)C3CC(F)(F)CN3)CC2)n2ncnc2n1. The van der Waals surface area contributed by atoms with E-state index in [1.807, 2.05) is 13.0 Å². The second-order valence-corrected chi connectivity index (χ2v) is 6.53. The standard InChI is InChI=1S/C15H19F2N7O/c1-10-6-12(24-14(21-10)19-9-20-24)22-2-4-23(5-3-22)13(25)11-7-15(16,17)8-18-11/h6,9,11,18H,2-5,7-8H2,1H3. The average Bonchev–Trinajstić information content (AvgIpc) is 3.19. The number of aromatic nitrogens is 4. The molecule has 0 spiro atoms. The summed E-state index contributed by atoms with van der Waals surface area (Å²) in [6.07, 6.45) is 1.03. The predicted octanol–water partition coefficient (Wildman–Crippen LogP) is 0.0785. The fraction of sp³-hybridized carbons (Fsp3) is 0.600. The van der Waals surface area contributed by atoms with Crippen LogP contribution in [0.3, 0.4) is 0 Å². The van der Waals surface area contributed by atoms with Crippen molar-refractivity contribution in [1.82, 2.24) is 29.8 Å². The van der Waals surface area contributed by atoms with E-state index in [0.29, 0.717) is 32.0 Å². The number of hydrogen-bond donors (Lipinski definition) is 1. The smallest absolute Gasteiger partial charge is 0.262 e. The van der Waals surface area contributed by atoms with E-state index in [1.165, 1.54) is 6.33 Å². The third-order valence-electron chi connectivity index (χ3n) is 4.68. The summed E-state index contributed by atoms with van der Waals surface area (Å²) in [6.45, 7) is 3.65. The lowest BCUT2D eigenvalue weighted by Crippen LogP contribution is -2.53. The molecule has 134 valence electrons. The van der Waals surface area contributed by atoms with Gasteiger partial charge in [0.1, 0.15) is 12.1 Å². The van der Waals surface area contributed by atoms with E-state index in [0.717, 1.165) is 11.5 Å². The maximum atomic E-state index is 13.3. The van der Waals surface area contributed by atoms with Crippen LogP contribution in [0.5, 0.6) is 0 Å². The van der Waals surface area contributed by atoms with E-state index in [1.54, 1.807) is 9.42 Å². The third kappa shape index (κ3) is 3.01. The van der Waals surface area contributed by atoms with Gasteiger partial charge >= 0.3 is 0 Å². The minimum Gasteiger partial charge on any atom is -0.353 e. The zero-order valence-corrected chi connectivity index (χ0v) is 13.8.